The first-order valence-corrected chi connectivity index (χ1v) is 7.75. The van der Waals surface area contributed by atoms with E-state index < -0.39 is 11.8 Å². The van der Waals surface area contributed by atoms with E-state index in [0.29, 0.717) is 11.1 Å². The fourth-order valence-corrected chi connectivity index (χ4v) is 2.93. The zero-order valence-electron chi connectivity index (χ0n) is 13.6. The molecule has 2 N–H and O–H groups in total. The molecule has 0 unspecified atom stereocenters. The van der Waals surface area contributed by atoms with Gasteiger partial charge >= 0.3 is 5.97 Å². The highest BCUT2D eigenvalue weighted by Crippen LogP contribution is 2.33. The van der Waals surface area contributed by atoms with Gasteiger partial charge in [-0.2, -0.15) is 0 Å². The Balaban J connectivity index is 2.18. The van der Waals surface area contributed by atoms with Gasteiger partial charge < -0.3 is 15.0 Å². The molecule has 0 aliphatic heterocycles. The molecule has 3 aromatic rings. The van der Waals surface area contributed by atoms with Crippen LogP contribution in [0.1, 0.15) is 15.9 Å². The number of aromatic amines is 1. The zero-order chi connectivity index (χ0) is 17.3. The quantitative estimate of drug-likeness (QED) is 0.750. The molecule has 24 heavy (non-hydrogen) atoms. The van der Waals surface area contributed by atoms with Crippen LogP contribution in [0.25, 0.3) is 22.0 Å². The predicted octanol–water partition coefficient (Wildman–Crippen LogP) is 3.78. The van der Waals surface area contributed by atoms with Crippen molar-refractivity contribution in [3.05, 3.63) is 59.5 Å². The summed E-state index contributed by atoms with van der Waals surface area (Å²) < 4.78 is 14.7. The second-order valence-electron chi connectivity index (χ2n) is 6.07. The number of aromatic carboxylic acids is 1. The molecule has 0 saturated carbocycles. The number of nitrogens with one attached hydrogen (secondary N) is 1. The number of hydrogen-bond donors (Lipinski definition) is 2. The van der Waals surface area contributed by atoms with Gasteiger partial charge in [0.15, 0.2) is 0 Å². The summed E-state index contributed by atoms with van der Waals surface area (Å²) in [5.41, 5.74) is 2.72. The number of fused-ring (bicyclic) bond motifs is 1. The van der Waals surface area contributed by atoms with E-state index in [-0.39, 0.29) is 5.56 Å². The van der Waals surface area contributed by atoms with Crippen molar-refractivity contribution in [2.45, 2.75) is 6.42 Å². The van der Waals surface area contributed by atoms with Crippen LogP contribution in [0.15, 0.2) is 42.6 Å². The highest BCUT2D eigenvalue weighted by Gasteiger charge is 2.18. The second kappa shape index (κ2) is 6.45. The van der Waals surface area contributed by atoms with Crippen molar-refractivity contribution in [3.63, 3.8) is 0 Å². The van der Waals surface area contributed by atoms with Gasteiger partial charge in [-0.15, -0.1) is 0 Å². The standard InChI is InChI=1S/C19H19FN2O2/c1-22(2)10-9-12-11-21-16-8-4-5-13(17(12)16)14-6-3-7-15(18(14)20)19(23)24/h3-8,11,21H,9-10H2,1-2H3,(H,23,24). The summed E-state index contributed by atoms with van der Waals surface area (Å²) in [5.74, 6) is -1.96. The molecule has 0 atom stereocenters. The molecule has 0 amide bonds. The summed E-state index contributed by atoms with van der Waals surface area (Å²) in [6.45, 7) is 0.874. The maximum Gasteiger partial charge on any atom is 0.338 e. The lowest BCUT2D eigenvalue weighted by Crippen LogP contribution is -2.14. The predicted molar refractivity (Wildman–Crippen MR) is 92.9 cm³/mol. The van der Waals surface area contributed by atoms with Gasteiger partial charge in [0.1, 0.15) is 5.82 Å². The minimum atomic E-state index is -1.26. The van der Waals surface area contributed by atoms with E-state index in [1.165, 1.54) is 6.07 Å². The van der Waals surface area contributed by atoms with Crippen LogP contribution >= 0.6 is 0 Å². The summed E-state index contributed by atoms with van der Waals surface area (Å²) in [4.78, 5) is 16.5. The number of likely N-dealkylation sites (N-methyl/N-ethyl adjacent to an activating group) is 1. The van der Waals surface area contributed by atoms with Crippen LogP contribution in [0, 0.1) is 5.82 Å². The van der Waals surface area contributed by atoms with Crippen molar-refractivity contribution in [3.8, 4) is 11.1 Å². The Kier molecular flexibility index (Phi) is 4.36. The number of rotatable bonds is 5. The van der Waals surface area contributed by atoms with Crippen LogP contribution in [0.3, 0.4) is 0 Å². The van der Waals surface area contributed by atoms with Crippen LogP contribution in [0.5, 0.6) is 0 Å². The fraction of sp³-hybridized carbons (Fsp3) is 0.211. The summed E-state index contributed by atoms with van der Waals surface area (Å²) in [7, 11) is 4.01. The maximum atomic E-state index is 14.7. The molecule has 1 heterocycles. The summed E-state index contributed by atoms with van der Waals surface area (Å²) in [6, 6.07) is 10.1. The Labute approximate surface area is 139 Å². The fourth-order valence-electron chi connectivity index (χ4n) is 2.93. The molecule has 124 valence electrons. The molecule has 0 spiro atoms. The second-order valence-corrected chi connectivity index (χ2v) is 6.07. The van der Waals surface area contributed by atoms with Gasteiger partial charge in [-0.1, -0.05) is 24.3 Å². The molecule has 5 heteroatoms. The molecule has 0 radical (unpaired) electrons. The average molecular weight is 326 g/mol. The number of H-pyrrole nitrogens is 1. The third kappa shape index (κ3) is 2.90. The van der Waals surface area contributed by atoms with Crippen molar-refractivity contribution in [2.75, 3.05) is 20.6 Å². The molecular formula is C19H19FN2O2. The molecule has 0 aliphatic carbocycles. The first kappa shape index (κ1) is 16.2. The molecule has 2 aromatic carbocycles. The minimum absolute atomic E-state index is 0.310. The molecule has 0 fully saturated rings. The maximum absolute atomic E-state index is 14.7. The highest BCUT2D eigenvalue weighted by atomic mass is 19.1. The van der Waals surface area contributed by atoms with Crippen LogP contribution in [-0.2, 0) is 6.42 Å². The van der Waals surface area contributed by atoms with Crippen LogP contribution in [0.4, 0.5) is 4.39 Å². The van der Waals surface area contributed by atoms with Gasteiger partial charge in [-0.3, -0.25) is 0 Å². The number of halogens is 1. The Morgan fingerprint density at radius 2 is 1.88 bits per heavy atom. The minimum Gasteiger partial charge on any atom is -0.478 e. The van der Waals surface area contributed by atoms with E-state index in [0.717, 1.165) is 29.4 Å². The third-order valence-electron chi connectivity index (χ3n) is 4.14. The third-order valence-corrected chi connectivity index (χ3v) is 4.14. The number of carboxylic acid groups (broad SMARTS) is 1. The molecular weight excluding hydrogens is 307 g/mol. The van der Waals surface area contributed by atoms with Gasteiger partial charge in [-0.25, -0.2) is 9.18 Å². The lowest BCUT2D eigenvalue weighted by molar-refractivity contribution is 0.0692. The Morgan fingerprint density at radius 3 is 2.58 bits per heavy atom. The van der Waals surface area contributed by atoms with Gasteiger partial charge in [0.25, 0.3) is 0 Å². The average Bonchev–Trinajstić information content (AvgIpc) is 2.96. The number of benzene rings is 2. The van der Waals surface area contributed by atoms with Gasteiger partial charge in [0, 0.05) is 29.2 Å². The lowest BCUT2D eigenvalue weighted by atomic mass is 9.96. The molecule has 4 nitrogen and oxygen atoms in total. The highest BCUT2D eigenvalue weighted by molar-refractivity contribution is 5.99. The molecule has 0 saturated heterocycles. The number of carboxylic acids is 1. The first-order chi connectivity index (χ1) is 11.5. The van der Waals surface area contributed by atoms with E-state index in [1.54, 1.807) is 12.1 Å². The van der Waals surface area contributed by atoms with Crippen LogP contribution in [-0.4, -0.2) is 41.6 Å². The van der Waals surface area contributed by atoms with E-state index >= 15 is 0 Å². The molecule has 1 aromatic heterocycles. The van der Waals surface area contributed by atoms with Crippen molar-refractivity contribution in [1.29, 1.82) is 0 Å². The van der Waals surface area contributed by atoms with Crippen molar-refractivity contribution < 1.29 is 14.3 Å². The summed E-state index contributed by atoms with van der Waals surface area (Å²) in [6.07, 6.45) is 2.76. The lowest BCUT2D eigenvalue weighted by Gasteiger charge is -2.11. The molecule has 0 aliphatic rings. The van der Waals surface area contributed by atoms with Gasteiger partial charge in [0.05, 0.1) is 5.56 Å². The zero-order valence-corrected chi connectivity index (χ0v) is 13.6. The van der Waals surface area contributed by atoms with E-state index in [9.17, 15) is 9.18 Å². The monoisotopic (exact) mass is 326 g/mol. The van der Waals surface area contributed by atoms with Crippen LogP contribution in [0.2, 0.25) is 0 Å². The van der Waals surface area contributed by atoms with Crippen molar-refractivity contribution in [1.82, 2.24) is 9.88 Å². The van der Waals surface area contributed by atoms with E-state index in [4.69, 9.17) is 5.11 Å². The van der Waals surface area contributed by atoms with Crippen LogP contribution < -0.4 is 0 Å². The molecule has 0 bridgehead atoms. The van der Waals surface area contributed by atoms with Gasteiger partial charge in [-0.05, 0) is 43.8 Å². The van der Waals surface area contributed by atoms with Crippen molar-refractivity contribution >= 4 is 16.9 Å². The summed E-state index contributed by atoms with van der Waals surface area (Å²) in [5, 5.41) is 10.1. The molecule has 3 rings (SSSR count). The Morgan fingerprint density at radius 1 is 1.17 bits per heavy atom. The number of carbonyl (C=O) groups is 1. The van der Waals surface area contributed by atoms with E-state index in [1.807, 2.05) is 38.5 Å². The van der Waals surface area contributed by atoms with Gasteiger partial charge in [0.2, 0.25) is 0 Å². The largest absolute Gasteiger partial charge is 0.478 e. The van der Waals surface area contributed by atoms with E-state index in [2.05, 4.69) is 9.88 Å². The smallest absolute Gasteiger partial charge is 0.338 e. The normalized spacial score (nSPS) is 11.3. The SMILES string of the molecule is CN(C)CCc1c[nH]c2cccc(-c3cccc(C(=O)O)c3F)c12. The Bertz CT molecular complexity index is 900. The Hall–Kier alpha value is -2.66. The number of aromatic nitrogens is 1. The van der Waals surface area contributed by atoms with Crippen molar-refractivity contribution in [2.24, 2.45) is 0 Å². The number of nitrogens with zero attached hydrogens (tertiary/aromatic N) is 1. The topological polar surface area (TPSA) is 56.3 Å². The number of hydrogen-bond acceptors (Lipinski definition) is 2. The summed E-state index contributed by atoms with van der Waals surface area (Å²) >= 11 is 0. The first-order valence-electron chi connectivity index (χ1n) is 7.75.